The van der Waals surface area contributed by atoms with Gasteiger partial charge in [0.2, 0.25) is 10.0 Å². The highest BCUT2D eigenvalue weighted by Gasteiger charge is 2.33. The van der Waals surface area contributed by atoms with E-state index in [0.717, 1.165) is 25.7 Å². The first kappa shape index (κ1) is 15.3. The quantitative estimate of drug-likeness (QED) is 0.746. The highest BCUT2D eigenvalue weighted by Crippen LogP contribution is 2.25. The molecular weight excluding hydrogens is 258 g/mol. The van der Waals surface area contributed by atoms with Crippen molar-refractivity contribution < 1.29 is 8.42 Å². The van der Waals surface area contributed by atoms with Crippen molar-refractivity contribution in [3.8, 4) is 0 Å². The molecule has 1 fully saturated rings. The fourth-order valence-electron chi connectivity index (χ4n) is 2.30. The molecule has 17 heavy (non-hydrogen) atoms. The molecule has 0 saturated carbocycles. The van der Waals surface area contributed by atoms with Crippen molar-refractivity contribution in [1.82, 2.24) is 4.31 Å². The Morgan fingerprint density at radius 2 is 1.88 bits per heavy atom. The molecule has 0 amide bonds. The molecule has 1 aliphatic heterocycles. The average molecular weight is 282 g/mol. The summed E-state index contributed by atoms with van der Waals surface area (Å²) in [5, 5.41) is 0. The van der Waals surface area contributed by atoms with E-state index in [-0.39, 0.29) is 17.2 Å². The topological polar surface area (TPSA) is 37.4 Å². The highest BCUT2D eigenvalue weighted by atomic mass is 35.5. The Hall–Kier alpha value is 0.200. The van der Waals surface area contributed by atoms with Gasteiger partial charge in [-0.3, -0.25) is 0 Å². The van der Waals surface area contributed by atoms with Crippen LogP contribution in [0.1, 0.15) is 46.5 Å². The Kier molecular flexibility index (Phi) is 5.29. The van der Waals surface area contributed by atoms with E-state index >= 15 is 0 Å². The van der Waals surface area contributed by atoms with Gasteiger partial charge in [0.25, 0.3) is 0 Å². The van der Waals surface area contributed by atoms with E-state index < -0.39 is 10.0 Å². The van der Waals surface area contributed by atoms with Gasteiger partial charge >= 0.3 is 0 Å². The molecule has 0 N–H and O–H groups in total. The lowest BCUT2D eigenvalue weighted by Gasteiger charge is -2.30. The van der Waals surface area contributed by atoms with Crippen LogP contribution in [0, 0.1) is 5.41 Å². The molecular formula is C12H24ClNO2S. The fourth-order valence-corrected chi connectivity index (χ4v) is 5.01. The van der Waals surface area contributed by atoms with E-state index in [0.29, 0.717) is 12.4 Å². The summed E-state index contributed by atoms with van der Waals surface area (Å²) in [6.45, 7) is 6.50. The number of halogens is 1. The smallest absolute Gasteiger partial charge is 0.212 e. The number of hydrogen-bond acceptors (Lipinski definition) is 2. The second-order valence-electron chi connectivity index (χ2n) is 6.09. The van der Waals surface area contributed by atoms with Gasteiger partial charge in [0.15, 0.2) is 0 Å². The maximum absolute atomic E-state index is 12.4. The third-order valence-electron chi connectivity index (χ3n) is 2.97. The first-order chi connectivity index (χ1) is 7.76. The van der Waals surface area contributed by atoms with Crippen molar-refractivity contribution in [3.63, 3.8) is 0 Å². The summed E-state index contributed by atoms with van der Waals surface area (Å²) in [6.07, 6.45) is 4.04. The second kappa shape index (κ2) is 5.89. The van der Waals surface area contributed by atoms with Gasteiger partial charge in [0.1, 0.15) is 0 Å². The van der Waals surface area contributed by atoms with E-state index in [4.69, 9.17) is 11.6 Å². The van der Waals surface area contributed by atoms with Crippen molar-refractivity contribution in [3.05, 3.63) is 0 Å². The van der Waals surface area contributed by atoms with Crippen molar-refractivity contribution in [2.75, 3.05) is 18.2 Å². The van der Waals surface area contributed by atoms with Crippen LogP contribution in [0.25, 0.3) is 0 Å². The second-order valence-corrected chi connectivity index (χ2v) is 8.32. The lowest BCUT2D eigenvalue weighted by molar-refractivity contribution is 0.335. The minimum atomic E-state index is -3.18. The molecule has 0 aromatic heterocycles. The molecule has 1 heterocycles. The molecule has 1 atom stereocenters. The lowest BCUT2D eigenvalue weighted by Crippen LogP contribution is -2.44. The van der Waals surface area contributed by atoms with Gasteiger partial charge in [0.05, 0.1) is 5.75 Å². The molecule has 0 aromatic carbocycles. The maximum atomic E-state index is 12.4. The van der Waals surface area contributed by atoms with Gasteiger partial charge in [-0.2, -0.15) is 4.31 Å². The summed E-state index contributed by atoms with van der Waals surface area (Å²) in [5.74, 6) is 0.608. The number of alkyl halides is 1. The first-order valence-corrected chi connectivity index (χ1v) is 8.46. The van der Waals surface area contributed by atoms with Crippen molar-refractivity contribution in [1.29, 1.82) is 0 Å². The van der Waals surface area contributed by atoms with Crippen molar-refractivity contribution in [2.24, 2.45) is 5.41 Å². The number of nitrogens with zero attached hydrogens (tertiary/aromatic N) is 1. The molecule has 1 saturated heterocycles. The summed E-state index contributed by atoms with van der Waals surface area (Å²) in [5.41, 5.74) is -0.206. The molecule has 1 aliphatic rings. The van der Waals surface area contributed by atoms with Crippen LogP contribution in [-0.4, -0.2) is 36.9 Å². The van der Waals surface area contributed by atoms with Crippen LogP contribution < -0.4 is 0 Å². The Balaban J connectivity index is 2.86. The van der Waals surface area contributed by atoms with Crippen LogP contribution in [0.3, 0.4) is 0 Å². The molecule has 0 spiro atoms. The first-order valence-electron chi connectivity index (χ1n) is 6.32. The van der Waals surface area contributed by atoms with Crippen molar-refractivity contribution >= 4 is 21.6 Å². The molecule has 5 heteroatoms. The SMILES string of the molecule is CC(C)(C)CS(=O)(=O)N1CCCCCC1CCl. The summed E-state index contributed by atoms with van der Waals surface area (Å²) >= 11 is 5.92. The Labute approximate surface area is 111 Å². The maximum Gasteiger partial charge on any atom is 0.214 e. The normalized spacial score (nSPS) is 24.6. The van der Waals surface area contributed by atoms with Crippen molar-refractivity contribution in [2.45, 2.75) is 52.5 Å². The summed E-state index contributed by atoms with van der Waals surface area (Å²) < 4.78 is 26.4. The monoisotopic (exact) mass is 281 g/mol. The van der Waals surface area contributed by atoms with Gasteiger partial charge in [-0.1, -0.05) is 33.6 Å². The van der Waals surface area contributed by atoms with E-state index in [2.05, 4.69) is 0 Å². The summed E-state index contributed by atoms with van der Waals surface area (Å²) in [4.78, 5) is 0. The number of sulfonamides is 1. The van der Waals surface area contributed by atoms with Gasteiger partial charge in [-0.25, -0.2) is 8.42 Å². The van der Waals surface area contributed by atoms with Gasteiger partial charge < -0.3 is 0 Å². The molecule has 0 radical (unpaired) electrons. The highest BCUT2D eigenvalue weighted by molar-refractivity contribution is 7.89. The number of hydrogen-bond donors (Lipinski definition) is 0. The van der Waals surface area contributed by atoms with E-state index in [9.17, 15) is 8.42 Å². The predicted molar refractivity (Wildman–Crippen MR) is 72.9 cm³/mol. The lowest BCUT2D eigenvalue weighted by atomic mass is 10.0. The minimum absolute atomic E-state index is 0.00785. The van der Waals surface area contributed by atoms with E-state index in [1.807, 2.05) is 20.8 Å². The zero-order valence-corrected chi connectivity index (χ0v) is 12.6. The van der Waals surface area contributed by atoms with Gasteiger partial charge in [-0.15, -0.1) is 11.6 Å². The van der Waals surface area contributed by atoms with E-state index in [1.165, 1.54) is 0 Å². The Bertz CT molecular complexity index is 335. The number of rotatable bonds is 3. The Morgan fingerprint density at radius 3 is 2.41 bits per heavy atom. The Morgan fingerprint density at radius 1 is 1.24 bits per heavy atom. The zero-order chi connectivity index (χ0) is 13.1. The summed E-state index contributed by atoms with van der Waals surface area (Å²) in [7, 11) is -3.18. The van der Waals surface area contributed by atoms with Crippen LogP contribution in [0.5, 0.6) is 0 Å². The predicted octanol–water partition coefficient (Wildman–Crippen LogP) is 2.85. The van der Waals surface area contributed by atoms with Gasteiger partial charge in [-0.05, 0) is 18.3 Å². The van der Waals surface area contributed by atoms with Crippen LogP contribution >= 0.6 is 11.6 Å². The van der Waals surface area contributed by atoms with Crippen LogP contribution in [0.4, 0.5) is 0 Å². The van der Waals surface area contributed by atoms with Gasteiger partial charge in [0, 0.05) is 18.5 Å². The molecule has 0 aromatic rings. The standard InChI is InChI=1S/C12H24ClNO2S/c1-12(2,3)10-17(15,16)14-8-6-4-5-7-11(14)9-13/h11H,4-10H2,1-3H3. The molecule has 0 aliphatic carbocycles. The molecule has 102 valence electrons. The molecule has 0 bridgehead atoms. The minimum Gasteiger partial charge on any atom is -0.212 e. The largest absolute Gasteiger partial charge is 0.214 e. The third-order valence-corrected chi connectivity index (χ3v) is 5.76. The fraction of sp³-hybridized carbons (Fsp3) is 1.00. The van der Waals surface area contributed by atoms with Crippen LogP contribution in [-0.2, 0) is 10.0 Å². The van der Waals surface area contributed by atoms with E-state index in [1.54, 1.807) is 4.31 Å². The third kappa shape index (κ3) is 4.76. The molecule has 1 unspecified atom stereocenters. The van der Waals surface area contributed by atoms with Crippen LogP contribution in [0.15, 0.2) is 0 Å². The molecule has 1 rings (SSSR count). The summed E-state index contributed by atoms with van der Waals surface area (Å²) in [6, 6.07) is -0.00785. The average Bonchev–Trinajstić information content (AvgIpc) is 2.38. The van der Waals surface area contributed by atoms with Crippen LogP contribution in [0.2, 0.25) is 0 Å². The zero-order valence-electron chi connectivity index (χ0n) is 11.1. The molecule has 3 nitrogen and oxygen atoms in total.